The summed E-state index contributed by atoms with van der Waals surface area (Å²) in [5.41, 5.74) is -2.05. The molecule has 0 spiro atoms. The van der Waals surface area contributed by atoms with Crippen molar-refractivity contribution >= 4 is 23.5 Å². The number of hydrogen-bond acceptors (Lipinski definition) is 3. The number of carboxylic acid groups (broad SMARTS) is 1. The zero-order chi connectivity index (χ0) is 18.2. The van der Waals surface area contributed by atoms with Gasteiger partial charge in [0.25, 0.3) is 5.91 Å². The van der Waals surface area contributed by atoms with Crippen LogP contribution in [0.3, 0.4) is 0 Å². The highest BCUT2D eigenvalue weighted by Crippen LogP contribution is 2.53. The lowest BCUT2D eigenvalue weighted by atomic mass is 9.56. The number of carbonyl (C=O) groups excluding carboxylic acids is 1. The first kappa shape index (κ1) is 17.9. The van der Waals surface area contributed by atoms with E-state index < -0.39 is 34.8 Å². The van der Waals surface area contributed by atoms with Crippen LogP contribution in [-0.2, 0) is 9.59 Å². The quantitative estimate of drug-likeness (QED) is 0.831. The van der Waals surface area contributed by atoms with Crippen LogP contribution in [0.4, 0.5) is 8.78 Å². The maximum atomic E-state index is 14.4. The molecule has 2 N–H and O–H groups in total. The fourth-order valence-corrected chi connectivity index (χ4v) is 3.92. The molecule has 3 aliphatic carbocycles. The average Bonchev–Trinajstić information content (AvgIpc) is 2.56. The van der Waals surface area contributed by atoms with Crippen LogP contribution in [0.5, 0.6) is 5.75 Å². The number of halogens is 3. The third-order valence-corrected chi connectivity index (χ3v) is 5.67. The molecule has 3 saturated carbocycles. The van der Waals surface area contributed by atoms with Crippen molar-refractivity contribution in [3.05, 3.63) is 29.0 Å². The summed E-state index contributed by atoms with van der Waals surface area (Å²) >= 11 is 5.57. The van der Waals surface area contributed by atoms with Crippen molar-refractivity contribution in [2.24, 2.45) is 5.41 Å². The molecule has 1 atom stereocenters. The summed E-state index contributed by atoms with van der Waals surface area (Å²) in [6, 6.07) is 3.84. The first-order valence-corrected chi connectivity index (χ1v) is 8.41. The van der Waals surface area contributed by atoms with E-state index >= 15 is 0 Å². The number of alkyl halides is 1. The largest absolute Gasteiger partial charge is 0.484 e. The second kappa shape index (κ2) is 6.44. The predicted molar refractivity (Wildman–Crippen MR) is 85.8 cm³/mol. The monoisotopic (exact) mass is 373 g/mol. The van der Waals surface area contributed by atoms with E-state index in [9.17, 15) is 23.5 Å². The Bertz CT molecular complexity index is 704. The van der Waals surface area contributed by atoms with Gasteiger partial charge in [-0.15, -0.1) is 0 Å². The zero-order valence-corrected chi connectivity index (χ0v) is 14.1. The first-order chi connectivity index (χ1) is 11.8. The van der Waals surface area contributed by atoms with E-state index in [-0.39, 0.29) is 36.6 Å². The van der Waals surface area contributed by atoms with Gasteiger partial charge in [-0.2, -0.15) is 0 Å². The molecule has 4 rings (SSSR count). The van der Waals surface area contributed by atoms with Gasteiger partial charge in [0.1, 0.15) is 17.7 Å². The smallest absolute Gasteiger partial charge is 0.312 e. The minimum atomic E-state index is -1.49. The van der Waals surface area contributed by atoms with Crippen LogP contribution in [-0.4, -0.2) is 35.3 Å². The van der Waals surface area contributed by atoms with Gasteiger partial charge >= 0.3 is 5.97 Å². The van der Waals surface area contributed by atoms with E-state index in [0.717, 1.165) is 6.07 Å². The van der Waals surface area contributed by atoms with E-state index in [1.165, 1.54) is 12.1 Å². The van der Waals surface area contributed by atoms with Crippen molar-refractivity contribution in [3.63, 3.8) is 0 Å². The van der Waals surface area contributed by atoms with Gasteiger partial charge in [-0.3, -0.25) is 9.59 Å². The van der Waals surface area contributed by atoms with Gasteiger partial charge in [-0.1, -0.05) is 11.6 Å². The number of benzene rings is 1. The Morgan fingerprint density at radius 1 is 1.32 bits per heavy atom. The van der Waals surface area contributed by atoms with Gasteiger partial charge < -0.3 is 15.2 Å². The van der Waals surface area contributed by atoms with Crippen molar-refractivity contribution in [2.75, 3.05) is 6.61 Å². The molecule has 0 aliphatic heterocycles. The van der Waals surface area contributed by atoms with E-state index in [4.69, 9.17) is 16.3 Å². The van der Waals surface area contributed by atoms with Crippen LogP contribution in [0.1, 0.15) is 32.1 Å². The standard InChI is InChI=1S/C17H18ClF2NO4/c18-11-2-1-10(7-12(11)19)25-9-14(22)21-16-3-5-17(6-4-16,15(23)24)13(20)8-16/h1-2,7,13H,3-6,8-9H2,(H,21,22)(H,23,24). The maximum absolute atomic E-state index is 14.4. The SMILES string of the molecule is O=C(COc1ccc(Cl)c(F)c1)NC12CCC(C(=O)O)(CC1)C(F)C2. The van der Waals surface area contributed by atoms with Crippen LogP contribution < -0.4 is 10.1 Å². The third-order valence-electron chi connectivity index (χ3n) is 5.36. The topological polar surface area (TPSA) is 75.6 Å². The van der Waals surface area contributed by atoms with E-state index in [1.54, 1.807) is 0 Å². The Balaban J connectivity index is 1.58. The number of rotatable bonds is 5. The molecule has 1 aromatic rings. The molecule has 8 heteroatoms. The Hall–Kier alpha value is -1.89. The molecular weight excluding hydrogens is 356 g/mol. The van der Waals surface area contributed by atoms with Crippen molar-refractivity contribution in [3.8, 4) is 5.75 Å². The van der Waals surface area contributed by atoms with Gasteiger partial charge in [0.15, 0.2) is 6.61 Å². The normalized spacial score (nSPS) is 30.8. The number of nitrogens with one attached hydrogen (secondary N) is 1. The lowest BCUT2D eigenvalue weighted by molar-refractivity contribution is -0.165. The Kier molecular flexibility index (Phi) is 4.62. The van der Waals surface area contributed by atoms with Crippen molar-refractivity contribution < 1.29 is 28.2 Å². The molecular formula is C17H18ClF2NO4. The van der Waals surface area contributed by atoms with Crippen LogP contribution in [0.2, 0.25) is 5.02 Å². The van der Waals surface area contributed by atoms with Gasteiger partial charge in [0, 0.05) is 18.0 Å². The summed E-state index contributed by atoms with van der Waals surface area (Å²) in [5.74, 6) is -2.04. The van der Waals surface area contributed by atoms with E-state index in [2.05, 4.69) is 5.32 Å². The summed E-state index contributed by atoms with van der Waals surface area (Å²) in [7, 11) is 0. The Labute approximate surface area is 148 Å². The number of carboxylic acids is 1. The van der Waals surface area contributed by atoms with Crippen LogP contribution in [0, 0.1) is 11.2 Å². The molecule has 136 valence electrons. The summed E-state index contributed by atoms with van der Waals surface area (Å²) < 4.78 is 33.0. The van der Waals surface area contributed by atoms with Gasteiger partial charge in [0.05, 0.1) is 10.4 Å². The van der Waals surface area contributed by atoms with E-state index in [1.807, 2.05) is 0 Å². The third kappa shape index (κ3) is 3.29. The van der Waals surface area contributed by atoms with Crippen molar-refractivity contribution in [1.29, 1.82) is 0 Å². The number of carbonyl (C=O) groups is 2. The highest BCUT2D eigenvalue weighted by molar-refractivity contribution is 6.30. The predicted octanol–water partition coefficient (Wildman–Crippen LogP) is 3.10. The molecule has 3 fully saturated rings. The highest BCUT2D eigenvalue weighted by Gasteiger charge is 2.59. The van der Waals surface area contributed by atoms with Crippen LogP contribution in [0.15, 0.2) is 18.2 Å². The number of ether oxygens (including phenoxy) is 1. The molecule has 5 nitrogen and oxygen atoms in total. The molecule has 25 heavy (non-hydrogen) atoms. The molecule has 1 amide bonds. The molecule has 0 saturated heterocycles. The lowest BCUT2D eigenvalue weighted by Gasteiger charge is -2.53. The number of hydrogen-bond donors (Lipinski definition) is 2. The number of amides is 1. The second-order valence-electron chi connectivity index (χ2n) is 6.83. The average molecular weight is 374 g/mol. The Morgan fingerprint density at radius 3 is 2.56 bits per heavy atom. The van der Waals surface area contributed by atoms with Crippen LogP contribution in [0.25, 0.3) is 0 Å². The Morgan fingerprint density at radius 2 is 2.00 bits per heavy atom. The van der Waals surface area contributed by atoms with Crippen LogP contribution >= 0.6 is 11.6 Å². The summed E-state index contributed by atoms with van der Waals surface area (Å²) in [5, 5.41) is 12.1. The molecule has 0 heterocycles. The second-order valence-corrected chi connectivity index (χ2v) is 7.23. The lowest BCUT2D eigenvalue weighted by Crippen LogP contribution is -2.63. The molecule has 2 bridgehead atoms. The fraction of sp³-hybridized carbons (Fsp3) is 0.529. The van der Waals surface area contributed by atoms with Gasteiger partial charge in [-0.25, -0.2) is 8.78 Å². The summed E-state index contributed by atoms with van der Waals surface area (Å²) in [6.07, 6.45) is -0.262. The zero-order valence-electron chi connectivity index (χ0n) is 13.4. The number of aliphatic carboxylic acids is 1. The molecule has 1 aromatic carbocycles. The summed E-state index contributed by atoms with van der Waals surface area (Å²) in [4.78, 5) is 23.5. The minimum Gasteiger partial charge on any atom is -0.484 e. The first-order valence-electron chi connectivity index (χ1n) is 8.03. The van der Waals surface area contributed by atoms with Gasteiger partial charge in [0.2, 0.25) is 0 Å². The molecule has 0 radical (unpaired) electrons. The molecule has 1 unspecified atom stereocenters. The highest BCUT2D eigenvalue weighted by atomic mass is 35.5. The van der Waals surface area contributed by atoms with Gasteiger partial charge in [-0.05, 0) is 37.8 Å². The van der Waals surface area contributed by atoms with Crippen molar-refractivity contribution in [1.82, 2.24) is 5.32 Å². The fourth-order valence-electron chi connectivity index (χ4n) is 3.80. The molecule has 3 aliphatic rings. The maximum Gasteiger partial charge on any atom is 0.312 e. The van der Waals surface area contributed by atoms with Crippen molar-refractivity contribution in [2.45, 2.75) is 43.8 Å². The minimum absolute atomic E-state index is 0.0133. The number of fused-ring (bicyclic) bond motifs is 3. The van der Waals surface area contributed by atoms with E-state index in [0.29, 0.717) is 12.8 Å². The molecule has 0 aromatic heterocycles. The summed E-state index contributed by atoms with van der Waals surface area (Å²) in [6.45, 7) is -0.343.